The van der Waals surface area contributed by atoms with Crippen molar-refractivity contribution < 1.29 is 53.7 Å². The summed E-state index contributed by atoms with van der Waals surface area (Å²) in [6, 6.07) is -0.780. The number of fused-ring (bicyclic) bond motifs is 1. The molecule has 0 unspecified atom stereocenters. The molecule has 7 atom stereocenters. The molecule has 0 aliphatic heterocycles. The molecule has 13 N–H and O–H groups in total. The number of nitrogens with one attached hydrogen (secondary N) is 6. The number of carboxylic acid groups (broad SMARTS) is 3. The van der Waals surface area contributed by atoms with E-state index in [-0.39, 0.29) is 25.2 Å². The Kier molecular flexibility index (Phi) is 20.3. The van der Waals surface area contributed by atoms with Gasteiger partial charge in [0.1, 0.15) is 30.2 Å². The van der Waals surface area contributed by atoms with Crippen LogP contribution in [0.4, 0.5) is 0 Å². The van der Waals surface area contributed by atoms with Crippen molar-refractivity contribution in [1.82, 2.24) is 31.6 Å². The van der Waals surface area contributed by atoms with Crippen molar-refractivity contribution in [3.63, 3.8) is 0 Å². The molecule has 0 fully saturated rings. The van der Waals surface area contributed by atoms with Crippen LogP contribution in [0.3, 0.4) is 0 Å². The number of carbonyl (C=O) groups excluding carboxylic acids is 5. The molecule has 1 aromatic carbocycles. The highest BCUT2D eigenvalue weighted by molar-refractivity contribution is 5.97. The first-order valence-corrected chi connectivity index (χ1v) is 19.6. The van der Waals surface area contributed by atoms with Crippen LogP contribution in [-0.4, -0.2) is 111 Å². The Hall–Kier alpha value is -5.56. The van der Waals surface area contributed by atoms with Crippen molar-refractivity contribution in [2.45, 2.75) is 128 Å². The van der Waals surface area contributed by atoms with Gasteiger partial charge in [0, 0.05) is 36.4 Å². The summed E-state index contributed by atoms with van der Waals surface area (Å²) in [5.41, 5.74) is 13.1. The molecule has 0 bridgehead atoms. The first-order chi connectivity index (χ1) is 27.4. The van der Waals surface area contributed by atoms with Gasteiger partial charge in [-0.2, -0.15) is 0 Å². The van der Waals surface area contributed by atoms with E-state index in [1.165, 1.54) is 0 Å². The van der Waals surface area contributed by atoms with Gasteiger partial charge in [-0.25, -0.2) is 4.79 Å². The average Bonchev–Trinajstić information content (AvgIpc) is 3.57. The topological polar surface area (TPSA) is 325 Å². The van der Waals surface area contributed by atoms with Crippen LogP contribution in [0, 0.1) is 11.8 Å². The Morgan fingerprint density at radius 2 is 1.21 bits per heavy atom. The van der Waals surface area contributed by atoms with Crippen molar-refractivity contribution in [2.75, 3.05) is 6.54 Å². The van der Waals surface area contributed by atoms with Crippen molar-refractivity contribution in [1.29, 1.82) is 0 Å². The number of aliphatic carboxylic acids is 3. The van der Waals surface area contributed by atoms with Gasteiger partial charge in [0.2, 0.25) is 29.5 Å². The minimum Gasteiger partial charge on any atom is -0.481 e. The number of H-pyrrole nitrogens is 1. The number of carboxylic acids is 3. The van der Waals surface area contributed by atoms with E-state index < -0.39 is 115 Å². The van der Waals surface area contributed by atoms with Crippen molar-refractivity contribution in [3.05, 3.63) is 36.0 Å². The number of aromatic amines is 1. The van der Waals surface area contributed by atoms with Gasteiger partial charge in [0.25, 0.3) is 0 Å². The lowest BCUT2D eigenvalue weighted by atomic mass is 9.97. The van der Waals surface area contributed by atoms with Crippen LogP contribution < -0.4 is 38.1 Å². The SMILES string of the molecule is CC[C@H](C)[C@H](NC(=O)[C@H](CC(C)C)NC(=O)[C@H](CCC(=O)O)NC(=O)[C@H](CCC(=O)O)NC(=O)[C@H](Cc1c[nH]c2ccccc12)NC(=O)[C@@H](N)CCCCN)C(=O)O. The minimum atomic E-state index is -1.59. The predicted molar refractivity (Wildman–Crippen MR) is 213 cm³/mol. The Morgan fingerprint density at radius 3 is 1.72 bits per heavy atom. The molecule has 1 heterocycles. The van der Waals surface area contributed by atoms with Gasteiger partial charge in [0.05, 0.1) is 6.04 Å². The van der Waals surface area contributed by atoms with Crippen LogP contribution in [0.5, 0.6) is 0 Å². The largest absolute Gasteiger partial charge is 0.481 e. The number of hydrogen-bond acceptors (Lipinski definition) is 10. The first-order valence-electron chi connectivity index (χ1n) is 19.6. The van der Waals surface area contributed by atoms with E-state index in [0.717, 1.165) is 10.9 Å². The van der Waals surface area contributed by atoms with Gasteiger partial charge in [-0.3, -0.25) is 33.6 Å². The number of carbonyl (C=O) groups is 8. The summed E-state index contributed by atoms with van der Waals surface area (Å²) in [5.74, 6) is -8.84. The Morgan fingerprint density at radius 1 is 0.690 bits per heavy atom. The average molecular weight is 817 g/mol. The number of para-hydroxylation sites is 1. The Labute approximate surface area is 337 Å². The molecular weight excluding hydrogens is 756 g/mol. The zero-order chi connectivity index (χ0) is 43.5. The molecule has 0 aliphatic rings. The lowest BCUT2D eigenvalue weighted by Gasteiger charge is -2.28. The summed E-state index contributed by atoms with van der Waals surface area (Å²) in [5, 5.41) is 41.9. The van der Waals surface area contributed by atoms with E-state index in [9.17, 15) is 53.7 Å². The molecule has 19 nitrogen and oxygen atoms in total. The van der Waals surface area contributed by atoms with Crippen molar-refractivity contribution >= 4 is 58.3 Å². The van der Waals surface area contributed by atoms with E-state index in [4.69, 9.17) is 11.5 Å². The molecule has 0 aliphatic carbocycles. The fourth-order valence-electron chi connectivity index (χ4n) is 6.18. The smallest absolute Gasteiger partial charge is 0.326 e. The molecule has 2 rings (SSSR count). The number of aromatic nitrogens is 1. The van der Waals surface area contributed by atoms with Crippen LogP contribution in [-0.2, 0) is 44.8 Å². The molecular formula is C39H60N8O11. The lowest BCUT2D eigenvalue weighted by molar-refractivity contribution is -0.144. The maximum Gasteiger partial charge on any atom is 0.326 e. The number of nitrogens with two attached hydrogens (primary N) is 2. The molecule has 58 heavy (non-hydrogen) atoms. The maximum absolute atomic E-state index is 14.0. The molecule has 5 amide bonds. The molecule has 0 saturated heterocycles. The summed E-state index contributed by atoms with van der Waals surface area (Å²) < 4.78 is 0. The number of rotatable bonds is 27. The van der Waals surface area contributed by atoms with E-state index in [1.54, 1.807) is 40.0 Å². The highest BCUT2D eigenvalue weighted by Crippen LogP contribution is 2.20. The lowest BCUT2D eigenvalue weighted by Crippen LogP contribution is -2.60. The van der Waals surface area contributed by atoms with E-state index in [2.05, 4.69) is 31.6 Å². The fourth-order valence-corrected chi connectivity index (χ4v) is 6.18. The van der Waals surface area contributed by atoms with Gasteiger partial charge in [0.15, 0.2) is 0 Å². The maximum atomic E-state index is 14.0. The third-order valence-electron chi connectivity index (χ3n) is 9.71. The number of hydrogen-bond donors (Lipinski definition) is 11. The van der Waals surface area contributed by atoms with Crippen LogP contribution >= 0.6 is 0 Å². The van der Waals surface area contributed by atoms with Crippen LogP contribution in [0.15, 0.2) is 30.5 Å². The van der Waals surface area contributed by atoms with Gasteiger partial charge in [-0.05, 0) is 62.1 Å². The van der Waals surface area contributed by atoms with E-state index in [1.807, 2.05) is 18.2 Å². The minimum absolute atomic E-state index is 0.0571. The van der Waals surface area contributed by atoms with Gasteiger partial charge < -0.3 is 58.4 Å². The second kappa shape index (κ2) is 24.3. The monoisotopic (exact) mass is 816 g/mol. The zero-order valence-electron chi connectivity index (χ0n) is 33.5. The normalized spacial score (nSPS) is 14.9. The first kappa shape index (κ1) is 48.6. The molecule has 2 aromatic rings. The third-order valence-corrected chi connectivity index (χ3v) is 9.71. The summed E-state index contributed by atoms with van der Waals surface area (Å²) in [6.45, 7) is 7.32. The number of amides is 5. The molecule has 0 spiro atoms. The van der Waals surface area contributed by atoms with Gasteiger partial charge in [-0.15, -0.1) is 0 Å². The van der Waals surface area contributed by atoms with Crippen LogP contribution in [0.25, 0.3) is 10.9 Å². The summed E-state index contributed by atoms with van der Waals surface area (Å²) >= 11 is 0. The molecule has 0 radical (unpaired) electrons. The van der Waals surface area contributed by atoms with Crippen LogP contribution in [0.1, 0.15) is 91.0 Å². The van der Waals surface area contributed by atoms with Crippen molar-refractivity contribution in [2.24, 2.45) is 23.3 Å². The fraction of sp³-hybridized carbons (Fsp3) is 0.590. The third kappa shape index (κ3) is 16.1. The van der Waals surface area contributed by atoms with Crippen LogP contribution in [0.2, 0.25) is 0 Å². The van der Waals surface area contributed by atoms with Gasteiger partial charge >= 0.3 is 17.9 Å². The summed E-state index contributed by atoms with van der Waals surface area (Å²) in [4.78, 5) is 106. The molecule has 1 aromatic heterocycles. The summed E-state index contributed by atoms with van der Waals surface area (Å²) in [7, 11) is 0. The molecule has 19 heteroatoms. The molecule has 0 saturated carbocycles. The highest BCUT2D eigenvalue weighted by Gasteiger charge is 2.34. The predicted octanol–water partition coefficient (Wildman–Crippen LogP) is 0.497. The molecule has 322 valence electrons. The quantitative estimate of drug-likeness (QED) is 0.0548. The zero-order valence-corrected chi connectivity index (χ0v) is 33.5. The second-order valence-corrected chi connectivity index (χ2v) is 14.9. The number of benzene rings is 1. The second-order valence-electron chi connectivity index (χ2n) is 14.9. The highest BCUT2D eigenvalue weighted by atomic mass is 16.4. The van der Waals surface area contributed by atoms with Crippen molar-refractivity contribution in [3.8, 4) is 0 Å². The standard InChI is InChI=1S/C39H60N8O11/c1-5-22(4)33(39(57)58)47-38(56)29(18-21(2)3)46-36(54)28(14-16-32(50)51)43-35(53)27(13-15-31(48)49)44-37(55)30(45-34(52)25(41)11-8-9-17-40)19-23-20-42-26-12-7-6-10-24(23)26/h6-7,10,12,20-22,25,27-30,33,42H,5,8-9,11,13-19,40-41H2,1-4H3,(H,43,53)(H,44,55)(H,45,52)(H,46,54)(H,47,56)(H,48,49)(H,50,51)(H,57,58)/t22-,25-,27-,28-,29-,30-,33-/m0/s1. The summed E-state index contributed by atoms with van der Waals surface area (Å²) in [6.07, 6.45) is 1.42. The number of unbranched alkanes of at least 4 members (excludes halogenated alkanes) is 1. The Bertz CT molecular complexity index is 1730. The Balaban J connectivity index is 2.42. The van der Waals surface area contributed by atoms with E-state index in [0.29, 0.717) is 31.4 Å². The van der Waals surface area contributed by atoms with E-state index >= 15 is 0 Å². The van der Waals surface area contributed by atoms with Gasteiger partial charge in [-0.1, -0.05) is 58.7 Å².